The van der Waals surface area contributed by atoms with Crippen molar-refractivity contribution in [3.05, 3.63) is 35.4 Å². The van der Waals surface area contributed by atoms with Crippen LogP contribution in [0.15, 0.2) is 24.3 Å². The second kappa shape index (κ2) is 11.7. The van der Waals surface area contributed by atoms with Gasteiger partial charge in [-0.2, -0.15) is 0 Å². The molecule has 8 heterocycles. The van der Waals surface area contributed by atoms with E-state index in [-0.39, 0.29) is 35.9 Å². The minimum Gasteiger partial charge on any atom is -0.496 e. The van der Waals surface area contributed by atoms with Crippen molar-refractivity contribution >= 4 is 10.8 Å². The molecule has 0 unspecified atom stereocenters. The summed E-state index contributed by atoms with van der Waals surface area (Å²) in [5, 5.41) is 2.12. The molecule has 10 nitrogen and oxygen atoms in total. The van der Waals surface area contributed by atoms with Gasteiger partial charge in [0.2, 0.25) is 11.6 Å². The first-order valence-corrected chi connectivity index (χ1v) is 20.0. The third-order valence-electron chi connectivity index (χ3n) is 15.5. The van der Waals surface area contributed by atoms with Crippen molar-refractivity contribution in [1.29, 1.82) is 0 Å². The first kappa shape index (κ1) is 34.5. The molecule has 8 saturated heterocycles. The van der Waals surface area contributed by atoms with Crippen LogP contribution in [0.2, 0.25) is 0 Å². The molecule has 2 spiro atoms. The summed E-state index contributed by atoms with van der Waals surface area (Å²) in [6.45, 7) is 13.3. The van der Waals surface area contributed by atoms with Crippen molar-refractivity contribution in [2.75, 3.05) is 14.2 Å². The van der Waals surface area contributed by atoms with E-state index in [9.17, 15) is 0 Å². The van der Waals surface area contributed by atoms with Crippen molar-refractivity contribution in [2.45, 2.75) is 140 Å². The van der Waals surface area contributed by atoms with Gasteiger partial charge in [-0.05, 0) is 111 Å². The van der Waals surface area contributed by atoms with Gasteiger partial charge in [0.1, 0.15) is 11.5 Å². The quantitative estimate of drug-likeness (QED) is 0.286. The van der Waals surface area contributed by atoms with Crippen molar-refractivity contribution in [3.63, 3.8) is 0 Å². The fourth-order valence-corrected chi connectivity index (χ4v) is 12.8. The van der Waals surface area contributed by atoms with E-state index in [0.717, 1.165) is 84.8 Å². The Morgan fingerprint density at radius 1 is 0.538 bits per heavy atom. The Morgan fingerprint density at radius 3 is 1.37 bits per heavy atom. The lowest BCUT2D eigenvalue weighted by atomic mass is 9.57. The maximum Gasteiger partial charge on any atom is 0.201 e. The Hall–Kier alpha value is -2.02. The van der Waals surface area contributed by atoms with Gasteiger partial charge in [0, 0.05) is 35.8 Å². The number of methoxy groups -OCH3 is 2. The van der Waals surface area contributed by atoms with Crippen LogP contribution < -0.4 is 9.47 Å². The number of hydrogen-bond donors (Lipinski definition) is 0. The normalized spacial score (nSPS) is 50.5. The van der Waals surface area contributed by atoms with Crippen molar-refractivity contribution in [1.82, 2.24) is 0 Å². The fraction of sp³-hybridized carbons (Fsp3) is 0.762. The third-order valence-corrected chi connectivity index (χ3v) is 15.5. The molecular formula is C42H56O10. The van der Waals surface area contributed by atoms with Crippen molar-refractivity contribution < 1.29 is 48.0 Å². The summed E-state index contributed by atoms with van der Waals surface area (Å²) >= 11 is 0. The van der Waals surface area contributed by atoms with E-state index in [4.69, 9.17) is 48.0 Å². The summed E-state index contributed by atoms with van der Waals surface area (Å²) in [4.78, 5) is 25.3. The van der Waals surface area contributed by atoms with Crippen molar-refractivity contribution in [3.8, 4) is 11.5 Å². The van der Waals surface area contributed by atoms with E-state index in [2.05, 4.69) is 52.0 Å². The Kier molecular flexibility index (Phi) is 7.79. The zero-order valence-electron chi connectivity index (χ0n) is 32.0. The van der Waals surface area contributed by atoms with E-state index in [1.54, 1.807) is 14.2 Å². The van der Waals surface area contributed by atoms with E-state index in [1.165, 1.54) is 0 Å². The predicted molar refractivity (Wildman–Crippen MR) is 189 cm³/mol. The Balaban J connectivity index is 1.10. The summed E-state index contributed by atoms with van der Waals surface area (Å²) in [5.74, 6) is 2.04. The first-order valence-electron chi connectivity index (χ1n) is 20.0. The minimum absolute atomic E-state index is 0.102. The van der Waals surface area contributed by atoms with Crippen LogP contribution in [0.3, 0.4) is 0 Å². The van der Waals surface area contributed by atoms with Gasteiger partial charge >= 0.3 is 0 Å². The molecule has 0 amide bonds. The summed E-state index contributed by atoms with van der Waals surface area (Å²) in [6, 6.07) is 8.50. The lowest BCUT2D eigenvalue weighted by molar-refractivity contribution is -0.571. The molecule has 0 aromatic heterocycles. The maximum absolute atomic E-state index is 7.23. The first-order chi connectivity index (χ1) is 25.0. The fourth-order valence-electron chi connectivity index (χ4n) is 12.8. The van der Waals surface area contributed by atoms with Crippen LogP contribution in [-0.2, 0) is 38.5 Å². The monoisotopic (exact) mass is 720 g/mol. The average molecular weight is 721 g/mol. The van der Waals surface area contributed by atoms with E-state index >= 15 is 0 Å². The number of ether oxygens (including phenoxy) is 6. The number of rotatable bonds is 4. The van der Waals surface area contributed by atoms with E-state index in [1.807, 2.05) is 13.8 Å². The van der Waals surface area contributed by atoms with Crippen LogP contribution >= 0.6 is 0 Å². The largest absolute Gasteiger partial charge is 0.496 e. The van der Waals surface area contributed by atoms with Crippen LogP contribution in [0, 0.1) is 47.3 Å². The van der Waals surface area contributed by atoms with Gasteiger partial charge in [-0.15, -0.1) is 0 Å². The standard InChI is InChI=1S/C42H56O10/c1-21-9-13-29-23(3)35(45-37-41(29)27(21)17-19-39(5,47-37)49-51-41)33-25-11-16-32(44-8)34(26(25)12-15-31(33)43-7)36-24(4)30-14-10-22(2)28-18-20-40(6)48-38(46-36)42(28,30)52-50-40/h11-12,15-16,21-24,27-30,35-38H,9-10,13-14,17-20H2,1-8H3/t21-,22-,23-,24-,27+,28+,29+,30+,35-,36-,37-,38-,39+,40+,41-,42-/m1/s1. The van der Waals surface area contributed by atoms with Gasteiger partial charge in [0.05, 0.1) is 26.4 Å². The van der Waals surface area contributed by atoms with Gasteiger partial charge < -0.3 is 28.4 Å². The molecule has 284 valence electrons. The highest BCUT2D eigenvalue weighted by atomic mass is 17.3. The zero-order valence-corrected chi connectivity index (χ0v) is 32.0. The Bertz CT molecular complexity index is 1630. The molecule has 10 fully saturated rings. The van der Waals surface area contributed by atoms with Crippen LogP contribution in [0.5, 0.6) is 11.5 Å². The number of fused-ring (bicyclic) bond motifs is 5. The molecule has 0 radical (unpaired) electrons. The molecule has 52 heavy (non-hydrogen) atoms. The third kappa shape index (κ3) is 4.47. The summed E-state index contributed by atoms with van der Waals surface area (Å²) in [6.07, 6.45) is 6.15. The van der Waals surface area contributed by atoms with E-state index < -0.39 is 35.4 Å². The van der Waals surface area contributed by atoms with Gasteiger partial charge in [0.15, 0.2) is 23.8 Å². The Labute approximate surface area is 307 Å². The second-order valence-corrected chi connectivity index (χ2v) is 18.1. The van der Waals surface area contributed by atoms with Crippen LogP contribution in [0.4, 0.5) is 0 Å². The van der Waals surface area contributed by atoms with Crippen LogP contribution in [0.25, 0.3) is 10.8 Å². The highest BCUT2D eigenvalue weighted by Gasteiger charge is 2.71. The molecule has 4 bridgehead atoms. The molecule has 2 aliphatic carbocycles. The summed E-state index contributed by atoms with van der Waals surface area (Å²) in [7, 11) is 3.50. The maximum atomic E-state index is 7.23. The average Bonchev–Trinajstić information content (AvgIpc) is 3.51. The number of hydrogen-bond acceptors (Lipinski definition) is 10. The van der Waals surface area contributed by atoms with E-state index in [0.29, 0.717) is 23.7 Å². The molecule has 2 aromatic rings. The Morgan fingerprint density at radius 2 is 0.962 bits per heavy atom. The second-order valence-electron chi connectivity index (χ2n) is 18.1. The lowest BCUT2D eigenvalue weighted by Gasteiger charge is -2.60. The van der Waals surface area contributed by atoms with Crippen molar-refractivity contribution in [2.24, 2.45) is 47.3 Å². The van der Waals surface area contributed by atoms with Gasteiger partial charge in [-0.25, -0.2) is 19.6 Å². The summed E-state index contributed by atoms with van der Waals surface area (Å²) in [5.41, 5.74) is 0.758. The molecule has 2 aromatic carbocycles. The zero-order chi connectivity index (χ0) is 35.9. The smallest absolute Gasteiger partial charge is 0.201 e. The van der Waals surface area contributed by atoms with Gasteiger partial charge in [-0.3, -0.25) is 0 Å². The molecular weight excluding hydrogens is 664 g/mol. The molecule has 8 aliphatic heterocycles. The van der Waals surface area contributed by atoms with Crippen LogP contribution in [-0.4, -0.2) is 49.6 Å². The van der Waals surface area contributed by atoms with Crippen LogP contribution in [0.1, 0.15) is 116 Å². The molecule has 10 aliphatic rings. The predicted octanol–water partition coefficient (Wildman–Crippen LogP) is 8.70. The highest BCUT2D eigenvalue weighted by Crippen LogP contribution is 2.65. The molecule has 10 heteroatoms. The molecule has 16 atom stereocenters. The lowest BCUT2D eigenvalue weighted by Crippen LogP contribution is -2.69. The molecule has 2 saturated carbocycles. The SMILES string of the molecule is COc1ccc2c([C@@H]3O[C@@H]4O[C@]5(C)CC[C@H]6[C@H](C)CC[C@@H]([C@H]3C)[C@@]46OO5)c(OC)ccc2c1[C@@H]1O[C@@H]2O[C@]3(C)CC[C@H]4[C@H](C)CC[C@@H]([C@H]1C)[C@@]24OO3. The topological polar surface area (TPSA) is 92.3 Å². The summed E-state index contributed by atoms with van der Waals surface area (Å²) < 4.78 is 40.4. The minimum atomic E-state index is -0.848. The van der Waals surface area contributed by atoms with Gasteiger partial charge in [-0.1, -0.05) is 39.8 Å². The van der Waals surface area contributed by atoms with Gasteiger partial charge in [0.25, 0.3) is 0 Å². The number of benzene rings is 2. The highest BCUT2D eigenvalue weighted by molar-refractivity contribution is 5.93. The molecule has 0 N–H and O–H groups in total. The molecule has 12 rings (SSSR count).